The molecule has 0 saturated carbocycles. The monoisotopic (exact) mass is 478 g/mol. The van der Waals surface area contributed by atoms with E-state index < -0.39 is 18.0 Å². The van der Waals surface area contributed by atoms with Crippen molar-refractivity contribution in [1.82, 2.24) is 31.1 Å². The van der Waals surface area contributed by atoms with Crippen LogP contribution in [0.5, 0.6) is 0 Å². The van der Waals surface area contributed by atoms with E-state index in [9.17, 15) is 14.7 Å². The number of aromatic nitrogens is 4. The number of amides is 1. The van der Waals surface area contributed by atoms with Crippen LogP contribution in [0.3, 0.4) is 0 Å². The summed E-state index contributed by atoms with van der Waals surface area (Å²) in [5, 5.41) is 25.3. The van der Waals surface area contributed by atoms with Gasteiger partial charge in [0.15, 0.2) is 6.10 Å². The fourth-order valence-corrected chi connectivity index (χ4v) is 3.25. The third kappa shape index (κ3) is 6.24. The second kappa shape index (κ2) is 11.0. The second-order valence-electron chi connectivity index (χ2n) is 6.66. The molecule has 0 aliphatic heterocycles. The molecule has 2 aromatic carbocycles. The lowest BCUT2D eigenvalue weighted by Crippen LogP contribution is -2.47. The quantitative estimate of drug-likeness (QED) is 0.315. The van der Waals surface area contributed by atoms with Gasteiger partial charge in [0, 0.05) is 22.2 Å². The zero-order valence-corrected chi connectivity index (χ0v) is 18.5. The fraction of sp³-hybridized carbons (Fsp3) is 0.250. The molecule has 0 saturated heterocycles. The van der Waals surface area contributed by atoms with Crippen molar-refractivity contribution in [3.63, 3.8) is 0 Å². The molecule has 32 heavy (non-hydrogen) atoms. The molecule has 1 heterocycles. The van der Waals surface area contributed by atoms with Crippen molar-refractivity contribution in [2.75, 3.05) is 13.2 Å². The molecule has 1 amide bonds. The zero-order valence-electron chi connectivity index (χ0n) is 17.0. The summed E-state index contributed by atoms with van der Waals surface area (Å²) in [6.07, 6.45) is -1.47. The first-order chi connectivity index (χ1) is 15.4. The highest BCUT2D eigenvalue weighted by atomic mass is 35.5. The lowest BCUT2D eigenvalue weighted by atomic mass is 10.0. The molecule has 3 rings (SSSR count). The van der Waals surface area contributed by atoms with Crippen LogP contribution in [0.15, 0.2) is 42.5 Å². The number of aliphatic hydroxyl groups is 1. The summed E-state index contributed by atoms with van der Waals surface area (Å²) in [5.74, 6) is -1.54. The van der Waals surface area contributed by atoms with Crippen LogP contribution in [0.4, 0.5) is 0 Å². The van der Waals surface area contributed by atoms with E-state index in [0.717, 1.165) is 16.7 Å². The number of halogens is 2. The molecule has 3 N–H and O–H groups in total. The first kappa shape index (κ1) is 23.6. The molecule has 3 aromatic rings. The zero-order chi connectivity index (χ0) is 23.1. The first-order valence-corrected chi connectivity index (χ1v) is 10.3. The Hall–Kier alpha value is -3.05. The molecule has 1 atom stereocenters. The number of benzene rings is 2. The number of esters is 1. The number of hydrogen-bond acceptors (Lipinski definition) is 8. The van der Waals surface area contributed by atoms with Crippen molar-refractivity contribution >= 4 is 35.1 Å². The van der Waals surface area contributed by atoms with Gasteiger partial charge in [-0.1, -0.05) is 47.5 Å². The number of rotatable bonds is 9. The van der Waals surface area contributed by atoms with Gasteiger partial charge in [0.1, 0.15) is 0 Å². The van der Waals surface area contributed by atoms with Crippen molar-refractivity contribution in [2.24, 2.45) is 0 Å². The van der Waals surface area contributed by atoms with Crippen molar-refractivity contribution in [3.8, 4) is 11.1 Å². The van der Waals surface area contributed by atoms with Gasteiger partial charge in [-0.3, -0.25) is 10.2 Å². The largest absolute Gasteiger partial charge is 0.464 e. The Morgan fingerprint density at radius 2 is 1.97 bits per heavy atom. The average molecular weight is 479 g/mol. The third-order valence-corrected chi connectivity index (χ3v) is 4.90. The summed E-state index contributed by atoms with van der Waals surface area (Å²) in [4.78, 5) is 24.2. The van der Waals surface area contributed by atoms with Crippen molar-refractivity contribution in [2.45, 2.75) is 19.6 Å². The van der Waals surface area contributed by atoms with Gasteiger partial charge in [0.25, 0.3) is 0 Å². The number of tetrazole rings is 1. The lowest BCUT2D eigenvalue weighted by molar-refractivity contribution is -0.154. The topological polar surface area (TPSA) is 133 Å². The van der Waals surface area contributed by atoms with E-state index in [-0.39, 0.29) is 25.5 Å². The Balaban J connectivity index is 1.76. The molecule has 0 bridgehead atoms. The van der Waals surface area contributed by atoms with Crippen LogP contribution in [0.25, 0.3) is 11.1 Å². The van der Waals surface area contributed by atoms with E-state index in [2.05, 4.69) is 26.0 Å². The van der Waals surface area contributed by atoms with Gasteiger partial charge in [-0.2, -0.15) is 0 Å². The number of hydrazine groups is 1. The molecule has 10 nitrogen and oxygen atoms in total. The average Bonchev–Trinajstić information content (AvgIpc) is 3.31. The van der Waals surface area contributed by atoms with Gasteiger partial charge in [-0.15, -0.1) is 5.10 Å². The minimum atomic E-state index is -1.47. The van der Waals surface area contributed by atoms with Gasteiger partial charge in [-0.05, 0) is 46.7 Å². The van der Waals surface area contributed by atoms with Crippen LogP contribution >= 0.6 is 23.2 Å². The summed E-state index contributed by atoms with van der Waals surface area (Å²) >= 11 is 12.3. The van der Waals surface area contributed by atoms with E-state index in [0.29, 0.717) is 10.0 Å². The Morgan fingerprint density at radius 1 is 1.22 bits per heavy atom. The number of aliphatic hydroxyl groups excluding tert-OH is 1. The summed E-state index contributed by atoms with van der Waals surface area (Å²) in [6.45, 7) is 1.72. The van der Waals surface area contributed by atoms with E-state index >= 15 is 0 Å². The van der Waals surface area contributed by atoms with Crippen LogP contribution in [0.1, 0.15) is 23.1 Å². The fourth-order valence-electron chi connectivity index (χ4n) is 2.85. The summed E-state index contributed by atoms with van der Waals surface area (Å²) in [5.41, 5.74) is 5.00. The van der Waals surface area contributed by atoms with Crippen molar-refractivity contribution in [3.05, 3.63) is 63.9 Å². The minimum absolute atomic E-state index is 0.119. The molecule has 12 heteroatoms. The number of ether oxygens (including phenoxy) is 1. The van der Waals surface area contributed by atoms with E-state index in [4.69, 9.17) is 27.9 Å². The number of H-pyrrole nitrogens is 1. The molecule has 0 fully saturated rings. The van der Waals surface area contributed by atoms with Crippen LogP contribution in [-0.4, -0.2) is 61.9 Å². The maximum absolute atomic E-state index is 12.3. The number of nitrogens with one attached hydrogen (secondary N) is 2. The molecule has 0 aliphatic rings. The van der Waals surface area contributed by atoms with E-state index in [1.807, 2.05) is 24.3 Å². The maximum Gasteiger partial charge on any atom is 0.336 e. The number of hydrogen-bond donors (Lipinski definition) is 3. The summed E-state index contributed by atoms with van der Waals surface area (Å²) < 4.78 is 4.83. The highest BCUT2D eigenvalue weighted by Gasteiger charge is 2.23. The number of carbonyl (C=O) groups excluding carboxylic acids is 2. The minimum Gasteiger partial charge on any atom is -0.464 e. The third-order valence-electron chi connectivity index (χ3n) is 4.34. The number of nitrogens with zero attached hydrogens (tertiary/aromatic N) is 4. The van der Waals surface area contributed by atoms with E-state index in [1.54, 1.807) is 25.1 Å². The van der Waals surface area contributed by atoms with Gasteiger partial charge in [0.05, 0.1) is 13.2 Å². The van der Waals surface area contributed by atoms with Gasteiger partial charge in [-0.25, -0.2) is 14.9 Å². The Labute approximate surface area is 193 Å². The predicted octanol–water partition coefficient (Wildman–Crippen LogP) is 2.24. The van der Waals surface area contributed by atoms with Crippen LogP contribution in [0.2, 0.25) is 10.0 Å². The predicted molar refractivity (Wildman–Crippen MR) is 117 cm³/mol. The molecule has 1 aromatic heterocycles. The molecule has 0 aliphatic carbocycles. The van der Waals surface area contributed by atoms with Crippen LogP contribution in [0, 0.1) is 0 Å². The molecule has 0 radical (unpaired) electrons. The summed E-state index contributed by atoms with van der Waals surface area (Å²) in [7, 11) is 0. The standard InChI is InChI=1S/C20H20Cl2N6O4/c1-2-32-20(31)17(29)11-28(25-19(30)18-23-26-27-24-18)10-12-3-5-13(6-4-12)15-9-14(21)7-8-16(15)22/h3-9,17,29H,2,10-11H2,1H3,(H,25,30)(H,23,24,26,27)/t17-/m1/s1. The van der Waals surface area contributed by atoms with Crippen molar-refractivity contribution in [1.29, 1.82) is 0 Å². The maximum atomic E-state index is 12.3. The molecule has 0 unspecified atom stereocenters. The SMILES string of the molecule is CCOC(=O)[C@H](O)CN(Cc1ccc(-c2cc(Cl)ccc2Cl)cc1)NC(=O)c1nnn[nH]1. The Bertz CT molecular complexity index is 1060. The first-order valence-electron chi connectivity index (χ1n) is 9.56. The second-order valence-corrected chi connectivity index (χ2v) is 7.50. The number of carbonyl (C=O) groups is 2. The van der Waals surface area contributed by atoms with Gasteiger partial charge in [0.2, 0.25) is 5.82 Å². The van der Waals surface area contributed by atoms with Gasteiger partial charge >= 0.3 is 11.9 Å². The molecule has 168 valence electrons. The highest BCUT2D eigenvalue weighted by Crippen LogP contribution is 2.30. The Kier molecular flexibility index (Phi) is 8.12. The normalized spacial score (nSPS) is 11.9. The molecular weight excluding hydrogens is 459 g/mol. The van der Waals surface area contributed by atoms with Crippen LogP contribution < -0.4 is 5.43 Å². The summed E-state index contributed by atoms with van der Waals surface area (Å²) in [6, 6.07) is 12.6. The van der Waals surface area contributed by atoms with Gasteiger partial charge < -0.3 is 9.84 Å². The molecular formula is C20H20Cl2N6O4. The Morgan fingerprint density at radius 3 is 2.62 bits per heavy atom. The number of aromatic amines is 1. The van der Waals surface area contributed by atoms with E-state index in [1.165, 1.54) is 5.01 Å². The molecule has 0 spiro atoms. The van der Waals surface area contributed by atoms with Crippen LogP contribution in [-0.2, 0) is 16.1 Å². The van der Waals surface area contributed by atoms with Crippen molar-refractivity contribution < 1.29 is 19.4 Å². The lowest BCUT2D eigenvalue weighted by Gasteiger charge is -2.24. The smallest absolute Gasteiger partial charge is 0.336 e. The highest BCUT2D eigenvalue weighted by molar-refractivity contribution is 6.35.